The van der Waals surface area contributed by atoms with Crippen LogP contribution in [0, 0.1) is 0 Å². The van der Waals surface area contributed by atoms with Gasteiger partial charge in [-0.2, -0.15) is 0 Å². The van der Waals surface area contributed by atoms with E-state index < -0.39 is 5.91 Å². The van der Waals surface area contributed by atoms with E-state index in [0.29, 0.717) is 16.3 Å². The predicted octanol–water partition coefficient (Wildman–Crippen LogP) is 3.67. The Kier molecular flexibility index (Phi) is 4.88. The second-order valence-corrected chi connectivity index (χ2v) is 5.54. The lowest BCUT2D eigenvalue weighted by Gasteiger charge is -2.21. The molecule has 0 atom stereocenters. The molecule has 116 valence electrons. The fraction of sp³-hybridized carbons (Fsp3) is 0.250. The second kappa shape index (κ2) is 6.66. The lowest BCUT2D eigenvalue weighted by molar-refractivity contribution is 0.0754. The lowest BCUT2D eigenvalue weighted by Crippen LogP contribution is -2.33. The molecule has 2 aromatic rings. The summed E-state index contributed by atoms with van der Waals surface area (Å²) in [6.07, 6.45) is 1.41. The number of nitrogens with one attached hydrogen (secondary N) is 1. The summed E-state index contributed by atoms with van der Waals surface area (Å²) in [6.45, 7) is 3.85. The van der Waals surface area contributed by atoms with Crippen molar-refractivity contribution in [3.63, 3.8) is 0 Å². The van der Waals surface area contributed by atoms with Crippen LogP contribution in [0.1, 0.15) is 34.8 Å². The summed E-state index contributed by atoms with van der Waals surface area (Å²) in [5.41, 5.74) is 0.821. The average Bonchev–Trinajstić information content (AvgIpc) is 3.02. The van der Waals surface area contributed by atoms with Crippen LogP contribution in [0.4, 0.5) is 5.69 Å². The molecule has 0 saturated carbocycles. The van der Waals surface area contributed by atoms with Gasteiger partial charge in [0.25, 0.3) is 11.8 Å². The van der Waals surface area contributed by atoms with Gasteiger partial charge in [-0.1, -0.05) is 11.6 Å². The number of nitrogens with zero attached hydrogens (tertiary/aromatic N) is 1. The van der Waals surface area contributed by atoms with Gasteiger partial charge in [-0.05, 0) is 44.2 Å². The van der Waals surface area contributed by atoms with Crippen molar-refractivity contribution in [1.29, 1.82) is 0 Å². The first-order valence-electron chi connectivity index (χ1n) is 6.81. The highest BCUT2D eigenvalue weighted by Crippen LogP contribution is 2.24. The molecule has 0 bridgehead atoms. The van der Waals surface area contributed by atoms with Gasteiger partial charge in [-0.15, -0.1) is 0 Å². The fourth-order valence-corrected chi connectivity index (χ4v) is 1.95. The third-order valence-electron chi connectivity index (χ3n) is 3.30. The Hall–Kier alpha value is -2.27. The second-order valence-electron chi connectivity index (χ2n) is 5.14. The third kappa shape index (κ3) is 3.49. The number of hydrogen-bond acceptors (Lipinski definition) is 3. The SMILES string of the molecule is CC(C)N(C)C(=O)c1ccc(Cl)c(NC(=O)c2ccco2)c1. The van der Waals surface area contributed by atoms with E-state index in [0.717, 1.165) is 0 Å². The van der Waals surface area contributed by atoms with Crippen LogP contribution in [0.25, 0.3) is 0 Å². The van der Waals surface area contributed by atoms with Crippen molar-refractivity contribution >= 4 is 29.1 Å². The first-order valence-corrected chi connectivity index (χ1v) is 7.19. The van der Waals surface area contributed by atoms with Crippen LogP contribution in [0.2, 0.25) is 5.02 Å². The first kappa shape index (κ1) is 16.1. The highest BCUT2D eigenvalue weighted by molar-refractivity contribution is 6.34. The number of hydrogen-bond donors (Lipinski definition) is 1. The molecule has 0 spiro atoms. The van der Waals surface area contributed by atoms with Crippen LogP contribution in [0.15, 0.2) is 41.0 Å². The fourth-order valence-electron chi connectivity index (χ4n) is 1.78. The maximum atomic E-state index is 12.3. The molecule has 6 heteroatoms. The van der Waals surface area contributed by atoms with Gasteiger partial charge in [-0.25, -0.2) is 0 Å². The van der Waals surface area contributed by atoms with E-state index in [1.54, 1.807) is 42.3 Å². The molecule has 1 aromatic carbocycles. The highest BCUT2D eigenvalue weighted by atomic mass is 35.5. The van der Waals surface area contributed by atoms with Crippen molar-refractivity contribution in [2.24, 2.45) is 0 Å². The minimum Gasteiger partial charge on any atom is -0.459 e. The molecule has 0 unspecified atom stereocenters. The quantitative estimate of drug-likeness (QED) is 0.935. The predicted molar refractivity (Wildman–Crippen MR) is 85.3 cm³/mol. The summed E-state index contributed by atoms with van der Waals surface area (Å²) in [5.74, 6) is -0.388. The molecule has 1 heterocycles. The van der Waals surface area contributed by atoms with Gasteiger partial charge in [-0.3, -0.25) is 9.59 Å². The number of carbonyl (C=O) groups excluding carboxylic acids is 2. The van der Waals surface area contributed by atoms with Crippen LogP contribution in [0.5, 0.6) is 0 Å². The van der Waals surface area contributed by atoms with E-state index in [2.05, 4.69) is 5.32 Å². The maximum absolute atomic E-state index is 12.3. The first-order chi connectivity index (χ1) is 10.4. The Morgan fingerprint density at radius 1 is 1.27 bits per heavy atom. The number of furan rings is 1. The minimum absolute atomic E-state index is 0.0735. The highest BCUT2D eigenvalue weighted by Gasteiger charge is 2.17. The molecule has 5 nitrogen and oxygen atoms in total. The van der Waals surface area contributed by atoms with Crippen molar-refractivity contribution in [2.75, 3.05) is 12.4 Å². The minimum atomic E-state index is -0.422. The van der Waals surface area contributed by atoms with Gasteiger partial charge in [0, 0.05) is 18.7 Å². The zero-order valence-electron chi connectivity index (χ0n) is 12.6. The summed E-state index contributed by atoms with van der Waals surface area (Å²) in [6, 6.07) is 8.01. The van der Waals surface area contributed by atoms with Crippen molar-refractivity contribution in [3.05, 3.63) is 52.9 Å². The molecule has 2 rings (SSSR count). The monoisotopic (exact) mass is 320 g/mol. The molecular weight excluding hydrogens is 304 g/mol. The van der Waals surface area contributed by atoms with Crippen molar-refractivity contribution in [1.82, 2.24) is 4.90 Å². The third-order valence-corrected chi connectivity index (χ3v) is 3.63. The van der Waals surface area contributed by atoms with Crippen LogP contribution < -0.4 is 5.32 Å². The number of anilines is 1. The van der Waals surface area contributed by atoms with Crippen LogP contribution in [-0.2, 0) is 0 Å². The van der Waals surface area contributed by atoms with Gasteiger partial charge < -0.3 is 14.6 Å². The van der Waals surface area contributed by atoms with E-state index in [1.165, 1.54) is 6.26 Å². The summed E-state index contributed by atoms with van der Waals surface area (Å²) < 4.78 is 5.02. The molecule has 1 aromatic heterocycles. The van der Waals surface area contributed by atoms with Gasteiger partial charge in [0.15, 0.2) is 5.76 Å². The van der Waals surface area contributed by atoms with Crippen LogP contribution >= 0.6 is 11.6 Å². The van der Waals surface area contributed by atoms with Crippen LogP contribution in [-0.4, -0.2) is 29.8 Å². The lowest BCUT2D eigenvalue weighted by atomic mass is 10.1. The Balaban J connectivity index is 2.24. The number of rotatable bonds is 4. The number of amides is 2. The zero-order chi connectivity index (χ0) is 16.3. The largest absolute Gasteiger partial charge is 0.459 e. The molecule has 2 amide bonds. The van der Waals surface area contributed by atoms with Gasteiger partial charge in [0.2, 0.25) is 0 Å². The van der Waals surface area contributed by atoms with E-state index in [9.17, 15) is 9.59 Å². The summed E-state index contributed by atoms with van der Waals surface area (Å²) in [5, 5.41) is 2.99. The normalized spacial score (nSPS) is 10.6. The summed E-state index contributed by atoms with van der Waals surface area (Å²) in [4.78, 5) is 25.9. The molecule has 0 fully saturated rings. The number of benzene rings is 1. The maximum Gasteiger partial charge on any atom is 0.291 e. The summed E-state index contributed by atoms with van der Waals surface area (Å²) in [7, 11) is 1.72. The number of carbonyl (C=O) groups is 2. The molecule has 0 aliphatic heterocycles. The number of halogens is 1. The van der Waals surface area contributed by atoms with E-state index in [-0.39, 0.29) is 17.7 Å². The zero-order valence-corrected chi connectivity index (χ0v) is 13.3. The smallest absolute Gasteiger partial charge is 0.291 e. The van der Waals surface area contributed by atoms with E-state index in [1.807, 2.05) is 13.8 Å². The standard InChI is InChI=1S/C16H17ClN2O3/c1-10(2)19(3)16(21)11-6-7-12(17)13(9-11)18-15(20)14-5-4-8-22-14/h4-10H,1-3H3,(H,18,20). The van der Waals surface area contributed by atoms with E-state index >= 15 is 0 Å². The molecular formula is C16H17ClN2O3. The Morgan fingerprint density at radius 2 is 2.00 bits per heavy atom. The Bertz CT molecular complexity index is 681. The molecule has 1 N–H and O–H groups in total. The topological polar surface area (TPSA) is 62.6 Å². The summed E-state index contributed by atoms with van der Waals surface area (Å²) >= 11 is 6.08. The Morgan fingerprint density at radius 3 is 2.59 bits per heavy atom. The molecule has 0 aliphatic rings. The average molecular weight is 321 g/mol. The van der Waals surface area contributed by atoms with Gasteiger partial charge >= 0.3 is 0 Å². The van der Waals surface area contributed by atoms with Gasteiger partial charge in [0.1, 0.15) is 0 Å². The molecule has 22 heavy (non-hydrogen) atoms. The van der Waals surface area contributed by atoms with Crippen molar-refractivity contribution < 1.29 is 14.0 Å². The molecule has 0 saturated heterocycles. The van der Waals surface area contributed by atoms with Crippen molar-refractivity contribution in [3.8, 4) is 0 Å². The van der Waals surface area contributed by atoms with Crippen molar-refractivity contribution in [2.45, 2.75) is 19.9 Å². The molecule has 0 aliphatic carbocycles. The molecule has 0 radical (unpaired) electrons. The Labute approximate surface area is 133 Å². The van der Waals surface area contributed by atoms with Crippen LogP contribution in [0.3, 0.4) is 0 Å². The van der Waals surface area contributed by atoms with Gasteiger partial charge in [0.05, 0.1) is 17.0 Å². The van der Waals surface area contributed by atoms with E-state index in [4.69, 9.17) is 16.0 Å².